The van der Waals surface area contributed by atoms with Gasteiger partial charge in [-0.05, 0) is 48.1 Å². The van der Waals surface area contributed by atoms with Gasteiger partial charge in [0.15, 0.2) is 0 Å². The van der Waals surface area contributed by atoms with Gasteiger partial charge >= 0.3 is 0 Å². The summed E-state index contributed by atoms with van der Waals surface area (Å²) >= 11 is 0. The van der Waals surface area contributed by atoms with E-state index in [2.05, 4.69) is 33.0 Å². The summed E-state index contributed by atoms with van der Waals surface area (Å²) in [5.74, 6) is 0. The third-order valence-corrected chi connectivity index (χ3v) is 0.707. The van der Waals surface area contributed by atoms with Crippen molar-refractivity contribution < 1.29 is 0 Å². The van der Waals surface area contributed by atoms with E-state index in [-0.39, 0.29) is 5.54 Å². The molecule has 12 heavy (non-hydrogen) atoms. The Bertz CT molecular complexity index is 89.4. The van der Waals surface area contributed by atoms with Crippen molar-refractivity contribution >= 4 is 0 Å². The molecule has 0 aliphatic carbocycles. The van der Waals surface area contributed by atoms with Gasteiger partial charge in [0.2, 0.25) is 0 Å². The largest absolute Gasteiger partial charge is 0.326 e. The molecule has 0 atom stereocenters. The van der Waals surface area contributed by atoms with E-state index in [4.69, 9.17) is 5.73 Å². The Balaban J connectivity index is 0. The summed E-state index contributed by atoms with van der Waals surface area (Å²) in [6.45, 7) is 15.6. The van der Waals surface area contributed by atoms with E-state index in [1.54, 1.807) is 0 Å². The summed E-state index contributed by atoms with van der Waals surface area (Å²) in [5, 5.41) is 3.28. The highest BCUT2D eigenvalue weighted by atomic mass is 14.9. The van der Waals surface area contributed by atoms with Crippen LogP contribution in [-0.4, -0.2) is 17.6 Å². The Kier molecular flexibility index (Phi) is 6.68. The summed E-state index contributed by atoms with van der Waals surface area (Å²) in [6, 6.07) is 0. The second-order valence-corrected chi connectivity index (χ2v) is 5.15. The molecule has 0 saturated heterocycles. The summed E-state index contributed by atoms with van der Waals surface area (Å²) < 4.78 is 0. The van der Waals surface area contributed by atoms with E-state index in [1.165, 1.54) is 0 Å². The van der Waals surface area contributed by atoms with Crippen LogP contribution in [0.2, 0.25) is 0 Å². The second kappa shape index (κ2) is 5.55. The van der Waals surface area contributed by atoms with Crippen LogP contribution in [0.4, 0.5) is 0 Å². The molecule has 0 saturated carbocycles. The van der Waals surface area contributed by atoms with E-state index in [1.807, 2.05) is 20.8 Å². The Labute approximate surface area is 77.9 Å². The van der Waals surface area contributed by atoms with Gasteiger partial charge < -0.3 is 11.1 Å². The lowest BCUT2D eigenvalue weighted by Gasteiger charge is -2.18. The lowest BCUT2D eigenvalue weighted by molar-refractivity contribution is 0.439. The van der Waals surface area contributed by atoms with E-state index in [0.29, 0.717) is 5.54 Å². The molecule has 0 heterocycles. The molecule has 2 heteroatoms. The Hall–Kier alpha value is -0.0800. The number of nitrogens with one attached hydrogen (secondary N) is 1. The first-order valence-corrected chi connectivity index (χ1v) is 4.60. The molecule has 2 nitrogen and oxygen atoms in total. The van der Waals surface area contributed by atoms with Crippen molar-refractivity contribution in [3.05, 3.63) is 0 Å². The predicted molar refractivity (Wildman–Crippen MR) is 57.4 cm³/mol. The molecule has 0 rings (SSSR count). The monoisotopic (exact) mass is 174 g/mol. The van der Waals surface area contributed by atoms with Crippen LogP contribution in [0, 0.1) is 0 Å². The molecule has 0 fully saturated rings. The van der Waals surface area contributed by atoms with Crippen molar-refractivity contribution in [1.29, 1.82) is 0 Å². The lowest BCUT2D eigenvalue weighted by atomic mass is 10.1. The fourth-order valence-corrected chi connectivity index (χ4v) is 0.530. The average Bonchev–Trinajstić information content (AvgIpc) is 1.54. The van der Waals surface area contributed by atoms with E-state index >= 15 is 0 Å². The molecule has 0 spiro atoms. The highest BCUT2D eigenvalue weighted by Gasteiger charge is 2.04. The van der Waals surface area contributed by atoms with Gasteiger partial charge in [0.05, 0.1) is 0 Å². The fourth-order valence-electron chi connectivity index (χ4n) is 0.530. The Morgan fingerprint density at radius 3 is 1.25 bits per heavy atom. The van der Waals surface area contributed by atoms with Crippen LogP contribution in [0.3, 0.4) is 0 Å². The zero-order valence-corrected chi connectivity index (χ0v) is 9.78. The maximum atomic E-state index is 5.35. The van der Waals surface area contributed by atoms with Crippen molar-refractivity contribution in [2.45, 2.75) is 59.5 Å². The molecule has 0 aromatic heterocycles. The van der Waals surface area contributed by atoms with Gasteiger partial charge in [-0.15, -0.1) is 0 Å². The van der Waals surface area contributed by atoms with Gasteiger partial charge in [0.25, 0.3) is 0 Å². The molecule has 76 valence electrons. The van der Waals surface area contributed by atoms with Crippen LogP contribution < -0.4 is 11.1 Å². The van der Waals surface area contributed by atoms with Crippen molar-refractivity contribution in [1.82, 2.24) is 5.32 Å². The molecule has 3 N–H and O–H groups in total. The topological polar surface area (TPSA) is 38.0 Å². The maximum Gasteiger partial charge on any atom is 0.00963 e. The third kappa shape index (κ3) is 51.4. The van der Waals surface area contributed by atoms with Gasteiger partial charge in [0, 0.05) is 11.1 Å². The molecule has 0 aliphatic rings. The first kappa shape index (κ1) is 14.4. The summed E-state index contributed by atoms with van der Waals surface area (Å²) in [5.41, 5.74) is 5.65. The second-order valence-electron chi connectivity index (χ2n) is 5.15. The minimum absolute atomic E-state index is 0. The van der Waals surface area contributed by atoms with Crippen molar-refractivity contribution in [2.24, 2.45) is 5.73 Å². The van der Waals surface area contributed by atoms with E-state index < -0.39 is 0 Å². The number of nitrogens with two attached hydrogens (primary N) is 1. The Morgan fingerprint density at radius 2 is 1.25 bits per heavy atom. The van der Waals surface area contributed by atoms with Gasteiger partial charge in [0.1, 0.15) is 0 Å². The van der Waals surface area contributed by atoms with Crippen LogP contribution in [0.5, 0.6) is 0 Å². The SMILES string of the molecule is CC(C)(C)N.CCNC(C)(C)C. The Morgan fingerprint density at radius 1 is 1.00 bits per heavy atom. The summed E-state index contributed by atoms with van der Waals surface area (Å²) in [4.78, 5) is 0. The molecular formula is C10H26N2. The number of rotatable bonds is 1. The van der Waals surface area contributed by atoms with Gasteiger partial charge in [-0.3, -0.25) is 0 Å². The molecule has 0 aromatic rings. The highest BCUT2D eigenvalue weighted by Crippen LogP contribution is 1.95. The predicted octanol–water partition coefficient (Wildman–Crippen LogP) is 2.14. The third-order valence-electron chi connectivity index (χ3n) is 0.707. The van der Waals surface area contributed by atoms with Gasteiger partial charge in [-0.1, -0.05) is 6.92 Å². The zero-order chi connectivity index (χ0) is 10.4. The molecular weight excluding hydrogens is 148 g/mol. The van der Waals surface area contributed by atoms with Gasteiger partial charge in [-0.25, -0.2) is 0 Å². The van der Waals surface area contributed by atoms with E-state index in [0.717, 1.165) is 6.54 Å². The number of hydrogen-bond donors (Lipinski definition) is 2. The zero-order valence-electron chi connectivity index (χ0n) is 9.78. The van der Waals surface area contributed by atoms with E-state index in [9.17, 15) is 0 Å². The van der Waals surface area contributed by atoms with Crippen LogP contribution in [-0.2, 0) is 0 Å². The molecule has 0 aromatic carbocycles. The first-order valence-electron chi connectivity index (χ1n) is 4.60. The molecule has 0 bridgehead atoms. The smallest absolute Gasteiger partial charge is 0.00963 e. The maximum absolute atomic E-state index is 5.35. The number of hydrogen-bond acceptors (Lipinski definition) is 2. The summed E-state index contributed by atoms with van der Waals surface area (Å²) in [7, 11) is 0. The highest BCUT2D eigenvalue weighted by molar-refractivity contribution is 4.67. The first-order chi connectivity index (χ1) is 5.06. The van der Waals surface area contributed by atoms with Crippen LogP contribution >= 0.6 is 0 Å². The minimum Gasteiger partial charge on any atom is -0.326 e. The van der Waals surface area contributed by atoms with Crippen LogP contribution in [0.25, 0.3) is 0 Å². The normalized spacial score (nSPS) is 12.0. The molecule has 0 unspecified atom stereocenters. The molecule has 0 aliphatic heterocycles. The standard InChI is InChI=1S/C6H15N.C4H11N/c1-5-7-6(2,3)4;1-4(2,3)5/h7H,5H2,1-4H3;5H2,1-3H3. The quantitative estimate of drug-likeness (QED) is 0.639. The van der Waals surface area contributed by atoms with Crippen LogP contribution in [0.15, 0.2) is 0 Å². The lowest BCUT2D eigenvalue weighted by Crippen LogP contribution is -2.35. The fraction of sp³-hybridized carbons (Fsp3) is 1.00. The van der Waals surface area contributed by atoms with Crippen molar-refractivity contribution in [2.75, 3.05) is 6.54 Å². The average molecular weight is 174 g/mol. The van der Waals surface area contributed by atoms with Crippen molar-refractivity contribution in [3.63, 3.8) is 0 Å². The van der Waals surface area contributed by atoms with Crippen molar-refractivity contribution in [3.8, 4) is 0 Å². The molecule has 0 amide bonds. The van der Waals surface area contributed by atoms with Crippen LogP contribution in [0.1, 0.15) is 48.5 Å². The van der Waals surface area contributed by atoms with Gasteiger partial charge in [-0.2, -0.15) is 0 Å². The molecule has 0 radical (unpaired) electrons. The summed E-state index contributed by atoms with van der Waals surface area (Å²) in [6.07, 6.45) is 0. The minimum atomic E-state index is 0.